The predicted molar refractivity (Wildman–Crippen MR) is 62.8 cm³/mol. The second-order valence-corrected chi connectivity index (χ2v) is 3.74. The van der Waals surface area contributed by atoms with Gasteiger partial charge in [0.15, 0.2) is 0 Å². The molecule has 0 amide bonds. The molecule has 1 aliphatic heterocycles. The van der Waals surface area contributed by atoms with E-state index in [1.165, 1.54) is 0 Å². The lowest BCUT2D eigenvalue weighted by Crippen LogP contribution is -2.43. The van der Waals surface area contributed by atoms with E-state index in [9.17, 15) is 0 Å². The normalized spacial score (nSPS) is 17.1. The van der Waals surface area contributed by atoms with E-state index in [0.717, 1.165) is 58.8 Å². The third-order valence-electron chi connectivity index (χ3n) is 2.36. The van der Waals surface area contributed by atoms with Crippen molar-refractivity contribution in [1.82, 2.24) is 10.2 Å². The summed E-state index contributed by atoms with van der Waals surface area (Å²) in [6, 6.07) is 0. The topological polar surface area (TPSA) is 24.5 Å². The van der Waals surface area contributed by atoms with Gasteiger partial charge in [-0.3, -0.25) is 4.90 Å². The van der Waals surface area contributed by atoms with E-state index in [0.29, 0.717) is 0 Å². The molecule has 0 aliphatic carbocycles. The Morgan fingerprint density at radius 2 is 2.00 bits per heavy atom. The first-order valence-electron chi connectivity index (χ1n) is 5.90. The molecule has 0 aromatic carbocycles. The molecule has 1 saturated heterocycles. The molecule has 0 unspecified atom stereocenters. The Balaban J connectivity index is 1.95. The Morgan fingerprint density at radius 3 is 2.73 bits per heavy atom. The third kappa shape index (κ3) is 6.51. The van der Waals surface area contributed by atoms with Gasteiger partial charge in [0.1, 0.15) is 0 Å². The molecule has 86 valence electrons. The quantitative estimate of drug-likeness (QED) is 0.534. The van der Waals surface area contributed by atoms with Crippen LogP contribution in [0.3, 0.4) is 0 Å². The zero-order chi connectivity index (χ0) is 10.8. The molecule has 0 radical (unpaired) electrons. The van der Waals surface area contributed by atoms with Crippen LogP contribution < -0.4 is 5.32 Å². The van der Waals surface area contributed by atoms with Gasteiger partial charge in [0.05, 0.1) is 13.2 Å². The maximum absolute atomic E-state index is 5.35. The van der Waals surface area contributed by atoms with Crippen LogP contribution in [0.1, 0.15) is 19.8 Å². The van der Waals surface area contributed by atoms with E-state index in [4.69, 9.17) is 4.74 Å². The highest BCUT2D eigenvalue weighted by Gasteiger charge is 2.06. The lowest BCUT2D eigenvalue weighted by atomic mass is 10.3. The summed E-state index contributed by atoms with van der Waals surface area (Å²) in [5.74, 6) is 6.35. The van der Waals surface area contributed by atoms with E-state index in [1.54, 1.807) is 0 Å². The molecule has 0 atom stereocenters. The minimum atomic E-state index is 0.780. The summed E-state index contributed by atoms with van der Waals surface area (Å²) in [4.78, 5) is 2.39. The highest BCUT2D eigenvalue weighted by molar-refractivity contribution is 5.01. The number of piperazine rings is 1. The molecule has 0 aromatic heterocycles. The average Bonchev–Trinajstić information content (AvgIpc) is 2.29. The predicted octanol–water partition coefficient (Wildman–Crippen LogP) is 0.712. The third-order valence-corrected chi connectivity index (χ3v) is 2.36. The van der Waals surface area contributed by atoms with Crippen LogP contribution >= 0.6 is 0 Å². The van der Waals surface area contributed by atoms with Crippen molar-refractivity contribution in [2.24, 2.45) is 0 Å². The number of hydrogen-bond donors (Lipinski definition) is 1. The minimum Gasteiger partial charge on any atom is -0.380 e. The van der Waals surface area contributed by atoms with Gasteiger partial charge in [0.25, 0.3) is 0 Å². The largest absolute Gasteiger partial charge is 0.380 e. The van der Waals surface area contributed by atoms with Gasteiger partial charge in [0, 0.05) is 39.2 Å². The van der Waals surface area contributed by atoms with Crippen LogP contribution in [-0.4, -0.2) is 50.8 Å². The summed E-state index contributed by atoms with van der Waals surface area (Å²) in [5.41, 5.74) is 0. The Labute approximate surface area is 93.2 Å². The van der Waals surface area contributed by atoms with Gasteiger partial charge in [0.2, 0.25) is 0 Å². The van der Waals surface area contributed by atoms with Crippen LogP contribution in [0.2, 0.25) is 0 Å². The minimum absolute atomic E-state index is 0.780. The number of hydrogen-bond acceptors (Lipinski definition) is 3. The van der Waals surface area contributed by atoms with E-state index in [-0.39, 0.29) is 0 Å². The summed E-state index contributed by atoms with van der Waals surface area (Å²) < 4.78 is 5.35. The fourth-order valence-electron chi connectivity index (χ4n) is 1.49. The average molecular weight is 210 g/mol. The number of ether oxygens (including phenoxy) is 1. The smallest absolute Gasteiger partial charge is 0.0602 e. The van der Waals surface area contributed by atoms with Crippen molar-refractivity contribution in [3.05, 3.63) is 0 Å². The van der Waals surface area contributed by atoms with E-state index >= 15 is 0 Å². The lowest BCUT2D eigenvalue weighted by molar-refractivity contribution is 0.140. The second kappa shape index (κ2) is 8.72. The van der Waals surface area contributed by atoms with Crippen molar-refractivity contribution in [2.45, 2.75) is 19.8 Å². The van der Waals surface area contributed by atoms with Gasteiger partial charge in [-0.1, -0.05) is 18.8 Å². The summed E-state index contributed by atoms with van der Waals surface area (Å²) in [5, 5.41) is 3.33. The molecule has 1 rings (SSSR count). The van der Waals surface area contributed by atoms with Crippen molar-refractivity contribution >= 4 is 0 Å². The summed E-state index contributed by atoms with van der Waals surface area (Å²) in [7, 11) is 0. The molecule has 0 spiro atoms. The van der Waals surface area contributed by atoms with Crippen molar-refractivity contribution in [2.75, 3.05) is 45.9 Å². The molecule has 1 N–H and O–H groups in total. The van der Waals surface area contributed by atoms with E-state index in [1.807, 2.05) is 0 Å². The summed E-state index contributed by atoms with van der Waals surface area (Å²) in [6.07, 6.45) is 1.96. The molecule has 3 nitrogen and oxygen atoms in total. The molecule has 3 heteroatoms. The van der Waals surface area contributed by atoms with Crippen molar-refractivity contribution < 1.29 is 4.74 Å². The molecular formula is C12H22N2O. The number of nitrogens with one attached hydrogen (secondary N) is 1. The summed E-state index contributed by atoms with van der Waals surface area (Å²) in [6.45, 7) is 9.12. The maximum Gasteiger partial charge on any atom is 0.0602 e. The van der Waals surface area contributed by atoms with E-state index in [2.05, 4.69) is 29.0 Å². The zero-order valence-electron chi connectivity index (χ0n) is 9.72. The Kier molecular flexibility index (Phi) is 7.28. The van der Waals surface area contributed by atoms with Crippen LogP contribution in [0, 0.1) is 11.8 Å². The standard InChI is InChI=1S/C12H22N2O/c1-2-11-15-12-5-3-4-8-14-9-6-13-7-10-14/h13H,2,5-12H2,1H3. The molecule has 1 heterocycles. The first kappa shape index (κ1) is 12.5. The zero-order valence-corrected chi connectivity index (χ0v) is 9.72. The molecule has 1 aliphatic rings. The highest BCUT2D eigenvalue weighted by atomic mass is 16.5. The Bertz CT molecular complexity index is 201. The van der Waals surface area contributed by atoms with Gasteiger partial charge < -0.3 is 10.1 Å². The molecular weight excluding hydrogens is 188 g/mol. The Morgan fingerprint density at radius 1 is 1.20 bits per heavy atom. The van der Waals surface area contributed by atoms with Crippen molar-refractivity contribution in [1.29, 1.82) is 0 Å². The van der Waals surface area contributed by atoms with Crippen LogP contribution in [0.5, 0.6) is 0 Å². The van der Waals surface area contributed by atoms with E-state index < -0.39 is 0 Å². The monoisotopic (exact) mass is 210 g/mol. The molecule has 0 saturated carbocycles. The second-order valence-electron chi connectivity index (χ2n) is 3.74. The molecule has 15 heavy (non-hydrogen) atoms. The first-order valence-corrected chi connectivity index (χ1v) is 5.90. The van der Waals surface area contributed by atoms with Crippen LogP contribution in [0.4, 0.5) is 0 Å². The first-order chi connectivity index (χ1) is 7.43. The number of rotatable bonds is 5. The van der Waals surface area contributed by atoms with Gasteiger partial charge in [-0.2, -0.15) is 0 Å². The molecule has 1 fully saturated rings. The van der Waals surface area contributed by atoms with Crippen LogP contribution in [0.25, 0.3) is 0 Å². The fourth-order valence-corrected chi connectivity index (χ4v) is 1.49. The molecule has 0 aromatic rings. The van der Waals surface area contributed by atoms with Crippen LogP contribution in [0.15, 0.2) is 0 Å². The lowest BCUT2D eigenvalue weighted by Gasteiger charge is -2.24. The number of nitrogens with zero attached hydrogens (tertiary/aromatic N) is 1. The van der Waals surface area contributed by atoms with Gasteiger partial charge >= 0.3 is 0 Å². The van der Waals surface area contributed by atoms with Gasteiger partial charge in [-0.25, -0.2) is 0 Å². The van der Waals surface area contributed by atoms with Gasteiger partial charge in [-0.15, -0.1) is 0 Å². The fraction of sp³-hybridized carbons (Fsp3) is 0.833. The van der Waals surface area contributed by atoms with Crippen LogP contribution in [-0.2, 0) is 4.74 Å². The van der Waals surface area contributed by atoms with Gasteiger partial charge in [-0.05, 0) is 6.42 Å². The van der Waals surface area contributed by atoms with Crippen molar-refractivity contribution in [3.63, 3.8) is 0 Å². The molecule has 0 bridgehead atoms. The summed E-state index contributed by atoms with van der Waals surface area (Å²) >= 11 is 0. The SMILES string of the molecule is CCCOCCC#CCN1CCNCC1. The maximum atomic E-state index is 5.35. The highest BCUT2D eigenvalue weighted by Crippen LogP contribution is 1.90. The van der Waals surface area contributed by atoms with Crippen molar-refractivity contribution in [3.8, 4) is 11.8 Å². The Hall–Kier alpha value is -0.560.